The van der Waals surface area contributed by atoms with Crippen LogP contribution in [0.3, 0.4) is 0 Å². The van der Waals surface area contributed by atoms with E-state index in [1.165, 1.54) is 0 Å². The summed E-state index contributed by atoms with van der Waals surface area (Å²) in [5.41, 5.74) is -2.15. The first kappa shape index (κ1) is 7.49. The normalized spacial score (nSPS) is 15.0. The lowest BCUT2D eigenvalue weighted by atomic mass is 10.8. The van der Waals surface area contributed by atoms with Crippen molar-refractivity contribution in [3.63, 3.8) is 0 Å². The molecular formula is C2H3F3S2. The Labute approximate surface area is 48.3 Å². The highest BCUT2D eigenvalue weighted by Gasteiger charge is 2.16. The molecule has 7 heavy (non-hydrogen) atoms. The Morgan fingerprint density at radius 3 is 1.71 bits per heavy atom. The van der Waals surface area contributed by atoms with Crippen LogP contribution in [-0.2, 0) is 0 Å². The van der Waals surface area contributed by atoms with Gasteiger partial charge in [-0.2, -0.15) is 0 Å². The summed E-state index contributed by atoms with van der Waals surface area (Å²) >= 11 is 3.22. The summed E-state index contributed by atoms with van der Waals surface area (Å²) in [6.07, 6.45) is -2.91. The highest BCUT2D eigenvalue weighted by atomic mass is 33.1. The zero-order chi connectivity index (χ0) is 5.86. The van der Waals surface area contributed by atoms with E-state index in [0.717, 1.165) is 0 Å². The van der Waals surface area contributed by atoms with Crippen molar-refractivity contribution in [2.45, 2.75) is 11.9 Å². The van der Waals surface area contributed by atoms with Gasteiger partial charge in [0.1, 0.15) is 0 Å². The highest BCUT2D eigenvalue weighted by molar-refractivity contribution is 8.68. The Hall–Kier alpha value is 0.490. The smallest absolute Gasteiger partial charge is 0.228 e. The number of rotatable bonds is 2. The van der Waals surface area contributed by atoms with E-state index in [4.69, 9.17) is 0 Å². The van der Waals surface area contributed by atoms with E-state index in [0.29, 0.717) is 0 Å². The first-order chi connectivity index (χ1) is 3.18. The molecule has 0 bridgehead atoms. The maximum Gasteiger partial charge on any atom is 0.279 e. The summed E-state index contributed by atoms with van der Waals surface area (Å²) in [4.78, 5) is 0. The SMILES string of the molecule is FC(F)C(F)SS. The zero-order valence-corrected chi connectivity index (χ0v) is 4.85. The van der Waals surface area contributed by atoms with Crippen molar-refractivity contribution < 1.29 is 13.2 Å². The first-order valence-corrected chi connectivity index (χ1v) is 3.34. The van der Waals surface area contributed by atoms with Crippen molar-refractivity contribution in [3.8, 4) is 0 Å². The molecule has 0 aromatic rings. The van der Waals surface area contributed by atoms with Gasteiger partial charge in [-0.15, -0.1) is 11.7 Å². The van der Waals surface area contributed by atoms with Gasteiger partial charge in [-0.25, -0.2) is 13.2 Å². The van der Waals surface area contributed by atoms with Gasteiger partial charge in [0.05, 0.1) is 0 Å². The van der Waals surface area contributed by atoms with E-state index in [2.05, 4.69) is 11.7 Å². The molecule has 0 N–H and O–H groups in total. The van der Waals surface area contributed by atoms with Crippen molar-refractivity contribution in [1.82, 2.24) is 0 Å². The Bertz CT molecular complexity index is 48.2. The van der Waals surface area contributed by atoms with Crippen molar-refractivity contribution in [3.05, 3.63) is 0 Å². The molecule has 0 aliphatic carbocycles. The second-order valence-electron chi connectivity index (χ2n) is 0.791. The summed E-state index contributed by atoms with van der Waals surface area (Å²) in [7, 11) is 0.211. The minimum Gasteiger partial charge on any atom is -0.228 e. The molecule has 0 spiro atoms. The number of hydrogen-bond acceptors (Lipinski definition) is 2. The van der Waals surface area contributed by atoms with E-state index in [1.54, 1.807) is 0 Å². The number of halogens is 3. The number of hydrogen-bond donors (Lipinski definition) is 1. The summed E-state index contributed by atoms with van der Waals surface area (Å²) in [6.45, 7) is 0. The molecule has 0 saturated carbocycles. The minimum absolute atomic E-state index is 0.211. The van der Waals surface area contributed by atoms with Crippen LogP contribution >= 0.6 is 22.5 Å². The van der Waals surface area contributed by atoms with Gasteiger partial charge in [0.2, 0.25) is 5.50 Å². The fraction of sp³-hybridized carbons (Fsp3) is 1.00. The molecule has 0 saturated heterocycles. The van der Waals surface area contributed by atoms with Gasteiger partial charge in [-0.3, -0.25) is 0 Å². The third-order valence-corrected chi connectivity index (χ3v) is 1.31. The maximum absolute atomic E-state index is 11.4. The van der Waals surface area contributed by atoms with Crippen LogP contribution in [0.5, 0.6) is 0 Å². The third kappa shape index (κ3) is 3.11. The predicted octanol–water partition coefficient (Wildman–Crippen LogP) is 2.13. The van der Waals surface area contributed by atoms with Crippen LogP contribution in [0.25, 0.3) is 0 Å². The fourth-order valence-corrected chi connectivity index (χ4v) is 0.414. The van der Waals surface area contributed by atoms with Crippen LogP contribution in [0.1, 0.15) is 0 Å². The predicted molar refractivity (Wildman–Crippen MR) is 27.5 cm³/mol. The Morgan fingerprint density at radius 2 is 1.71 bits per heavy atom. The van der Waals surface area contributed by atoms with Crippen molar-refractivity contribution in [2.75, 3.05) is 0 Å². The second kappa shape index (κ2) is 3.49. The average Bonchev–Trinajstić information content (AvgIpc) is 1.65. The van der Waals surface area contributed by atoms with Gasteiger partial charge in [0.15, 0.2) is 0 Å². The maximum atomic E-state index is 11.4. The largest absolute Gasteiger partial charge is 0.279 e. The molecule has 0 nitrogen and oxygen atoms in total. The van der Waals surface area contributed by atoms with E-state index in [1.807, 2.05) is 0 Å². The molecule has 44 valence electrons. The molecule has 5 heteroatoms. The molecule has 0 heterocycles. The van der Waals surface area contributed by atoms with E-state index < -0.39 is 11.9 Å². The molecular weight excluding hydrogens is 145 g/mol. The topological polar surface area (TPSA) is 0 Å². The van der Waals surface area contributed by atoms with E-state index in [-0.39, 0.29) is 10.8 Å². The molecule has 0 aliphatic heterocycles. The van der Waals surface area contributed by atoms with E-state index >= 15 is 0 Å². The molecule has 0 aliphatic rings. The molecule has 1 unspecified atom stereocenters. The lowest BCUT2D eigenvalue weighted by molar-refractivity contribution is 0.0960. The van der Waals surface area contributed by atoms with Gasteiger partial charge >= 0.3 is 0 Å². The summed E-state index contributed by atoms with van der Waals surface area (Å²) in [5, 5.41) is 0. The first-order valence-electron chi connectivity index (χ1n) is 1.41. The standard InChI is InChI=1S/C2H3F3S2/c3-1(4)2(5)7-6/h1-2,6H. The van der Waals surface area contributed by atoms with Crippen molar-refractivity contribution in [2.24, 2.45) is 0 Å². The molecule has 0 amide bonds. The summed E-state index contributed by atoms with van der Waals surface area (Å²) in [5.74, 6) is 0. The third-order valence-electron chi connectivity index (χ3n) is 0.299. The van der Waals surface area contributed by atoms with Gasteiger partial charge in [-0.05, 0) is 0 Å². The van der Waals surface area contributed by atoms with Crippen LogP contribution in [0.2, 0.25) is 0 Å². The monoisotopic (exact) mass is 148 g/mol. The van der Waals surface area contributed by atoms with Crippen molar-refractivity contribution >= 4 is 22.5 Å². The van der Waals surface area contributed by atoms with Gasteiger partial charge < -0.3 is 0 Å². The molecule has 0 fully saturated rings. The Kier molecular flexibility index (Phi) is 3.73. The van der Waals surface area contributed by atoms with Crippen LogP contribution in [0.4, 0.5) is 13.2 Å². The molecule has 0 radical (unpaired) electrons. The lowest BCUT2D eigenvalue weighted by Crippen LogP contribution is -2.03. The molecule has 1 atom stereocenters. The zero-order valence-electron chi connectivity index (χ0n) is 3.14. The van der Waals surface area contributed by atoms with E-state index in [9.17, 15) is 13.2 Å². The number of alkyl halides is 3. The average molecular weight is 148 g/mol. The Balaban J connectivity index is 3.14. The summed E-state index contributed by atoms with van der Waals surface area (Å²) in [6, 6.07) is 0. The van der Waals surface area contributed by atoms with Crippen molar-refractivity contribution in [1.29, 1.82) is 0 Å². The lowest BCUT2D eigenvalue weighted by Gasteiger charge is -1.97. The number of thiol groups is 1. The van der Waals surface area contributed by atoms with Crippen LogP contribution in [0, 0.1) is 0 Å². The van der Waals surface area contributed by atoms with Crippen LogP contribution in [-0.4, -0.2) is 11.9 Å². The quantitative estimate of drug-likeness (QED) is 0.462. The van der Waals surface area contributed by atoms with Gasteiger partial charge in [0.25, 0.3) is 6.43 Å². The fourth-order valence-electron chi connectivity index (χ4n) is 0.0460. The highest BCUT2D eigenvalue weighted by Crippen LogP contribution is 2.21. The van der Waals surface area contributed by atoms with Gasteiger partial charge in [0, 0.05) is 0 Å². The Morgan fingerprint density at radius 1 is 1.29 bits per heavy atom. The minimum atomic E-state index is -2.91. The molecule has 0 aromatic heterocycles. The second-order valence-corrected chi connectivity index (χ2v) is 2.08. The van der Waals surface area contributed by atoms with Gasteiger partial charge in [-0.1, -0.05) is 10.8 Å². The molecule has 0 aromatic carbocycles. The summed E-state index contributed by atoms with van der Waals surface area (Å²) < 4.78 is 33.4. The van der Waals surface area contributed by atoms with Crippen LogP contribution < -0.4 is 0 Å². The van der Waals surface area contributed by atoms with Crippen LogP contribution in [0.15, 0.2) is 0 Å². The molecule has 0 rings (SSSR count).